The fraction of sp³-hybridized carbons (Fsp3) is 0.176. The summed E-state index contributed by atoms with van der Waals surface area (Å²) >= 11 is 9.67. The minimum Gasteiger partial charge on any atom is -0.454 e. The van der Waals surface area contributed by atoms with Crippen molar-refractivity contribution in [1.82, 2.24) is 4.90 Å². The number of halogens is 2. The van der Waals surface area contributed by atoms with Gasteiger partial charge in [0, 0.05) is 22.3 Å². The average Bonchev–Trinajstić information content (AvgIpc) is 2.72. The third kappa shape index (κ3) is 2.86. The summed E-state index contributed by atoms with van der Waals surface area (Å²) in [4.78, 5) is 11.4. The molecule has 0 unspecified atom stereocenters. The summed E-state index contributed by atoms with van der Waals surface area (Å²) in [6.07, 6.45) is 1.92. The van der Waals surface area contributed by atoms with E-state index in [1.807, 2.05) is 42.6 Å². The number of ether oxygens (including phenoxy) is 1. The maximum Gasteiger partial charge on any atom is 0.153 e. The molecule has 0 bridgehead atoms. The lowest BCUT2D eigenvalue weighted by atomic mass is 10.1. The van der Waals surface area contributed by atoms with Gasteiger partial charge in [0.1, 0.15) is 17.3 Å². The number of hydrogen-bond donors (Lipinski definition) is 0. The van der Waals surface area contributed by atoms with Gasteiger partial charge < -0.3 is 9.64 Å². The summed E-state index contributed by atoms with van der Waals surface area (Å²) in [6.45, 7) is 2.34. The zero-order chi connectivity index (χ0) is 15.8. The predicted molar refractivity (Wildman–Crippen MR) is 96.8 cm³/mol. The Kier molecular flexibility index (Phi) is 3.83. The highest BCUT2D eigenvalue weighted by Crippen LogP contribution is 2.40. The molecule has 2 aromatic carbocycles. The Morgan fingerprint density at radius 2 is 2.00 bits per heavy atom. The van der Waals surface area contributed by atoms with Gasteiger partial charge in [-0.25, -0.2) is 4.99 Å². The third-order valence-corrected chi connectivity index (χ3v) is 4.51. The SMILES string of the molecule is Clc1ccc2c(c1)N=C(N1CC=NCC1)c1cc(Br)ccc1O2. The van der Waals surface area contributed by atoms with E-state index < -0.39 is 0 Å². The van der Waals surface area contributed by atoms with Crippen LogP contribution in [0, 0.1) is 0 Å². The standard InChI is InChI=1S/C17H13BrClN3O/c18-11-1-3-15-13(9-11)17(22-7-5-20-6-8-22)21-14-10-12(19)2-4-16(14)23-15/h1-5,9-10H,6-8H2. The van der Waals surface area contributed by atoms with E-state index in [9.17, 15) is 0 Å². The number of fused-ring (bicyclic) bond motifs is 2. The molecule has 2 aliphatic heterocycles. The first-order valence-corrected chi connectivity index (χ1v) is 8.47. The largest absolute Gasteiger partial charge is 0.454 e. The third-order valence-electron chi connectivity index (χ3n) is 3.78. The summed E-state index contributed by atoms with van der Waals surface area (Å²) in [5.41, 5.74) is 1.70. The van der Waals surface area contributed by atoms with Crippen LogP contribution in [0.5, 0.6) is 11.5 Å². The first kappa shape index (κ1) is 14.7. The van der Waals surface area contributed by atoms with Crippen LogP contribution in [-0.2, 0) is 0 Å². The highest BCUT2D eigenvalue weighted by molar-refractivity contribution is 9.10. The van der Waals surface area contributed by atoms with E-state index in [1.54, 1.807) is 0 Å². The molecule has 2 aromatic rings. The van der Waals surface area contributed by atoms with Gasteiger partial charge in [0.15, 0.2) is 5.75 Å². The number of amidine groups is 1. The Morgan fingerprint density at radius 3 is 2.83 bits per heavy atom. The van der Waals surface area contributed by atoms with Crippen LogP contribution in [0.25, 0.3) is 0 Å². The Balaban J connectivity index is 1.91. The van der Waals surface area contributed by atoms with Crippen molar-refractivity contribution in [2.24, 2.45) is 9.98 Å². The van der Waals surface area contributed by atoms with Crippen molar-refractivity contribution in [3.05, 3.63) is 51.5 Å². The zero-order valence-electron chi connectivity index (χ0n) is 12.2. The highest BCUT2D eigenvalue weighted by atomic mass is 79.9. The van der Waals surface area contributed by atoms with Crippen molar-refractivity contribution in [3.63, 3.8) is 0 Å². The number of nitrogens with zero attached hydrogens (tertiary/aromatic N) is 3. The van der Waals surface area contributed by atoms with Gasteiger partial charge in [-0.1, -0.05) is 27.5 Å². The van der Waals surface area contributed by atoms with Crippen molar-refractivity contribution in [3.8, 4) is 11.5 Å². The molecule has 116 valence electrons. The van der Waals surface area contributed by atoms with E-state index >= 15 is 0 Å². The number of benzene rings is 2. The molecule has 6 heteroatoms. The normalized spacial score (nSPS) is 16.1. The number of rotatable bonds is 0. The van der Waals surface area contributed by atoms with Gasteiger partial charge in [-0.05, 0) is 36.4 Å². The van der Waals surface area contributed by atoms with E-state index in [-0.39, 0.29) is 0 Å². The molecule has 2 aliphatic rings. The molecule has 0 saturated carbocycles. The first-order valence-electron chi connectivity index (χ1n) is 7.30. The molecular weight excluding hydrogens is 378 g/mol. The number of aliphatic imine (C=N–C) groups is 2. The molecule has 0 fully saturated rings. The minimum atomic E-state index is 0.641. The van der Waals surface area contributed by atoms with Crippen molar-refractivity contribution < 1.29 is 4.74 Å². The molecule has 0 saturated heterocycles. The first-order chi connectivity index (χ1) is 11.2. The summed E-state index contributed by atoms with van der Waals surface area (Å²) < 4.78 is 7.07. The van der Waals surface area contributed by atoms with Crippen LogP contribution in [0.15, 0.2) is 50.9 Å². The van der Waals surface area contributed by atoms with Crippen LogP contribution >= 0.6 is 27.5 Å². The fourth-order valence-corrected chi connectivity index (χ4v) is 3.20. The molecule has 0 aromatic heterocycles. The summed E-state index contributed by atoms with van der Waals surface area (Å²) in [7, 11) is 0. The topological polar surface area (TPSA) is 37.2 Å². The van der Waals surface area contributed by atoms with Crippen LogP contribution in [-0.4, -0.2) is 36.6 Å². The maximum atomic E-state index is 6.13. The molecule has 2 heterocycles. The molecule has 0 amide bonds. The van der Waals surface area contributed by atoms with Crippen LogP contribution in [0.4, 0.5) is 5.69 Å². The Bertz CT molecular complexity index is 835. The fourth-order valence-electron chi connectivity index (χ4n) is 2.67. The number of hydrogen-bond acceptors (Lipinski definition) is 4. The maximum absolute atomic E-state index is 6.13. The van der Waals surface area contributed by atoms with Gasteiger partial charge in [0.05, 0.1) is 18.7 Å². The lowest BCUT2D eigenvalue weighted by Gasteiger charge is -2.26. The molecule has 0 atom stereocenters. The molecule has 4 nitrogen and oxygen atoms in total. The zero-order valence-corrected chi connectivity index (χ0v) is 14.5. The lowest BCUT2D eigenvalue weighted by molar-refractivity contribution is 0.467. The smallest absolute Gasteiger partial charge is 0.153 e. The second-order valence-corrected chi connectivity index (χ2v) is 6.68. The van der Waals surface area contributed by atoms with Gasteiger partial charge in [-0.3, -0.25) is 4.99 Å². The predicted octanol–water partition coefficient (Wildman–Crippen LogP) is 4.67. The monoisotopic (exact) mass is 389 g/mol. The van der Waals surface area contributed by atoms with Crippen molar-refractivity contribution in [2.45, 2.75) is 0 Å². The molecule has 0 N–H and O–H groups in total. The van der Waals surface area contributed by atoms with Gasteiger partial charge in [-0.15, -0.1) is 0 Å². The molecule has 0 radical (unpaired) electrons. The van der Waals surface area contributed by atoms with E-state index in [0.29, 0.717) is 10.8 Å². The second-order valence-electron chi connectivity index (χ2n) is 5.32. The van der Waals surface area contributed by atoms with Gasteiger partial charge in [0.25, 0.3) is 0 Å². The summed E-state index contributed by atoms with van der Waals surface area (Å²) in [6, 6.07) is 11.5. The molecule has 0 spiro atoms. The Labute approximate surface area is 147 Å². The molecule has 0 aliphatic carbocycles. The highest BCUT2D eigenvalue weighted by Gasteiger charge is 2.23. The van der Waals surface area contributed by atoms with Gasteiger partial charge >= 0.3 is 0 Å². The van der Waals surface area contributed by atoms with Crippen molar-refractivity contribution in [2.75, 3.05) is 19.6 Å². The molecular formula is C17H13BrClN3O. The van der Waals surface area contributed by atoms with Crippen LogP contribution in [0.3, 0.4) is 0 Å². The van der Waals surface area contributed by atoms with Crippen molar-refractivity contribution >= 4 is 45.3 Å². The molecule has 23 heavy (non-hydrogen) atoms. The summed E-state index contributed by atoms with van der Waals surface area (Å²) in [5, 5.41) is 0.641. The van der Waals surface area contributed by atoms with E-state index in [0.717, 1.165) is 46.9 Å². The van der Waals surface area contributed by atoms with E-state index in [1.165, 1.54) is 0 Å². The molecule has 4 rings (SSSR count). The van der Waals surface area contributed by atoms with Crippen LogP contribution in [0.1, 0.15) is 5.56 Å². The Hall–Kier alpha value is -1.85. The van der Waals surface area contributed by atoms with Gasteiger partial charge in [0.2, 0.25) is 0 Å². The van der Waals surface area contributed by atoms with E-state index in [2.05, 4.69) is 25.8 Å². The lowest BCUT2D eigenvalue weighted by Crippen LogP contribution is -2.37. The van der Waals surface area contributed by atoms with Crippen LogP contribution in [0.2, 0.25) is 5.02 Å². The quantitative estimate of drug-likeness (QED) is 0.655. The summed E-state index contributed by atoms with van der Waals surface area (Å²) in [5.74, 6) is 2.38. The van der Waals surface area contributed by atoms with Crippen molar-refractivity contribution in [1.29, 1.82) is 0 Å². The average molecular weight is 391 g/mol. The Morgan fingerprint density at radius 1 is 1.13 bits per heavy atom. The van der Waals surface area contributed by atoms with Gasteiger partial charge in [-0.2, -0.15) is 0 Å². The van der Waals surface area contributed by atoms with E-state index in [4.69, 9.17) is 21.3 Å². The minimum absolute atomic E-state index is 0.641. The van der Waals surface area contributed by atoms with Crippen LogP contribution < -0.4 is 4.74 Å². The second kappa shape index (κ2) is 5.98.